The molecule has 0 aliphatic heterocycles. The molecule has 2 nitrogen and oxygen atoms in total. The Balaban J connectivity index is 0.00000162. The predicted octanol–water partition coefficient (Wildman–Crippen LogP) is 2.97. The van der Waals surface area contributed by atoms with Crippen molar-refractivity contribution in [1.82, 2.24) is 10.3 Å². The second kappa shape index (κ2) is 7.80. The van der Waals surface area contributed by atoms with Gasteiger partial charge in [0.2, 0.25) is 0 Å². The van der Waals surface area contributed by atoms with Gasteiger partial charge in [-0.05, 0) is 42.3 Å². The molecular weight excluding hydrogens is 251 g/mol. The van der Waals surface area contributed by atoms with Gasteiger partial charge in [0.05, 0.1) is 0 Å². The van der Waals surface area contributed by atoms with E-state index in [2.05, 4.69) is 10.3 Å². The summed E-state index contributed by atoms with van der Waals surface area (Å²) >= 11 is 0. The molecule has 0 unspecified atom stereocenters. The minimum Gasteiger partial charge on any atom is -0.312 e. The van der Waals surface area contributed by atoms with Gasteiger partial charge in [0, 0.05) is 18.9 Å². The third kappa shape index (κ3) is 4.82. The first-order chi connectivity index (χ1) is 8.34. The zero-order valence-electron chi connectivity index (χ0n) is 9.97. The monoisotopic (exact) mass is 266 g/mol. The molecule has 0 saturated heterocycles. The van der Waals surface area contributed by atoms with E-state index in [1.54, 1.807) is 6.20 Å². The Kier molecular flexibility index (Phi) is 6.33. The van der Waals surface area contributed by atoms with E-state index < -0.39 is 0 Å². The van der Waals surface area contributed by atoms with Crippen molar-refractivity contribution in [3.63, 3.8) is 0 Å². The summed E-state index contributed by atoms with van der Waals surface area (Å²) < 4.78 is 12.7. The molecule has 4 heteroatoms. The number of pyridine rings is 1. The Morgan fingerprint density at radius 1 is 1.06 bits per heavy atom. The summed E-state index contributed by atoms with van der Waals surface area (Å²) in [5.41, 5.74) is 2.32. The molecule has 0 saturated carbocycles. The number of nitrogens with zero attached hydrogens (tertiary/aromatic N) is 1. The molecule has 1 heterocycles. The van der Waals surface area contributed by atoms with Gasteiger partial charge < -0.3 is 5.32 Å². The number of hydrogen-bond donors (Lipinski definition) is 1. The van der Waals surface area contributed by atoms with E-state index >= 15 is 0 Å². The van der Waals surface area contributed by atoms with Gasteiger partial charge in [-0.15, -0.1) is 12.4 Å². The van der Waals surface area contributed by atoms with Gasteiger partial charge in [-0.2, -0.15) is 0 Å². The van der Waals surface area contributed by atoms with Crippen LogP contribution in [-0.2, 0) is 13.0 Å². The summed E-state index contributed by atoms with van der Waals surface area (Å²) in [6.07, 6.45) is 4.52. The van der Waals surface area contributed by atoms with Crippen LogP contribution in [0.3, 0.4) is 0 Å². The van der Waals surface area contributed by atoms with E-state index in [4.69, 9.17) is 0 Å². The van der Waals surface area contributed by atoms with Gasteiger partial charge >= 0.3 is 0 Å². The molecule has 1 aromatic heterocycles. The first kappa shape index (κ1) is 14.6. The van der Waals surface area contributed by atoms with Gasteiger partial charge in [0.15, 0.2) is 0 Å². The van der Waals surface area contributed by atoms with Crippen LogP contribution in [0, 0.1) is 5.82 Å². The van der Waals surface area contributed by atoms with Gasteiger partial charge in [0.25, 0.3) is 0 Å². The minimum atomic E-state index is -0.183. The van der Waals surface area contributed by atoms with E-state index in [9.17, 15) is 4.39 Å². The Morgan fingerprint density at radius 2 is 1.83 bits per heavy atom. The molecule has 0 bridgehead atoms. The van der Waals surface area contributed by atoms with Crippen LogP contribution in [0.4, 0.5) is 4.39 Å². The first-order valence-corrected chi connectivity index (χ1v) is 5.68. The average molecular weight is 267 g/mol. The van der Waals surface area contributed by atoms with Gasteiger partial charge in [-0.1, -0.05) is 18.2 Å². The van der Waals surface area contributed by atoms with Crippen molar-refractivity contribution in [3.8, 4) is 0 Å². The molecule has 1 N–H and O–H groups in total. The summed E-state index contributed by atoms with van der Waals surface area (Å²) in [4.78, 5) is 4.05. The summed E-state index contributed by atoms with van der Waals surface area (Å²) in [7, 11) is 0. The number of rotatable bonds is 5. The SMILES string of the molecule is Cl.Fc1ccc(CCNCc2cccnc2)cc1. The van der Waals surface area contributed by atoms with Crippen molar-refractivity contribution in [2.24, 2.45) is 0 Å². The van der Waals surface area contributed by atoms with Crippen molar-refractivity contribution in [1.29, 1.82) is 0 Å². The minimum absolute atomic E-state index is 0. The molecule has 2 rings (SSSR count). The molecule has 2 aromatic rings. The van der Waals surface area contributed by atoms with E-state index in [-0.39, 0.29) is 18.2 Å². The molecule has 0 spiro atoms. The summed E-state index contributed by atoms with van der Waals surface area (Å²) in [6.45, 7) is 1.69. The van der Waals surface area contributed by atoms with Crippen LogP contribution in [0.15, 0.2) is 48.8 Å². The van der Waals surface area contributed by atoms with Crippen LogP contribution in [0.5, 0.6) is 0 Å². The highest BCUT2D eigenvalue weighted by atomic mass is 35.5. The van der Waals surface area contributed by atoms with Crippen molar-refractivity contribution < 1.29 is 4.39 Å². The first-order valence-electron chi connectivity index (χ1n) is 5.68. The molecule has 0 amide bonds. The van der Waals surface area contributed by atoms with Gasteiger partial charge in [-0.3, -0.25) is 4.98 Å². The fraction of sp³-hybridized carbons (Fsp3) is 0.214. The molecule has 18 heavy (non-hydrogen) atoms. The number of hydrogen-bond acceptors (Lipinski definition) is 2. The average Bonchev–Trinajstić information content (AvgIpc) is 2.38. The molecule has 96 valence electrons. The van der Waals surface area contributed by atoms with Crippen LogP contribution in [0.25, 0.3) is 0 Å². The lowest BCUT2D eigenvalue weighted by atomic mass is 10.1. The standard InChI is InChI=1S/C14H15FN2.ClH/c15-14-5-3-12(4-6-14)7-9-17-11-13-2-1-8-16-10-13;/h1-6,8,10,17H,7,9,11H2;1H. The molecule has 0 aliphatic carbocycles. The second-order valence-corrected chi connectivity index (χ2v) is 3.91. The highest BCUT2D eigenvalue weighted by molar-refractivity contribution is 5.85. The molecule has 0 atom stereocenters. The lowest BCUT2D eigenvalue weighted by molar-refractivity contribution is 0.626. The van der Waals surface area contributed by atoms with Crippen LogP contribution in [0.1, 0.15) is 11.1 Å². The Labute approximate surface area is 113 Å². The zero-order chi connectivity index (χ0) is 11.9. The highest BCUT2D eigenvalue weighted by Crippen LogP contribution is 2.03. The van der Waals surface area contributed by atoms with Crippen LogP contribution in [-0.4, -0.2) is 11.5 Å². The molecule has 0 radical (unpaired) electrons. The summed E-state index contributed by atoms with van der Waals surface area (Å²) in [5, 5.41) is 3.33. The summed E-state index contributed by atoms with van der Waals surface area (Å²) in [6, 6.07) is 10.6. The van der Waals surface area contributed by atoms with Crippen LogP contribution >= 0.6 is 12.4 Å². The zero-order valence-corrected chi connectivity index (χ0v) is 10.8. The largest absolute Gasteiger partial charge is 0.312 e. The predicted molar refractivity (Wildman–Crippen MR) is 73.3 cm³/mol. The van der Waals surface area contributed by atoms with Crippen LogP contribution < -0.4 is 5.32 Å². The number of benzene rings is 1. The topological polar surface area (TPSA) is 24.9 Å². The Bertz CT molecular complexity index is 445. The number of aromatic nitrogens is 1. The molecule has 0 fully saturated rings. The van der Waals surface area contributed by atoms with Crippen molar-refractivity contribution in [2.75, 3.05) is 6.54 Å². The van der Waals surface area contributed by atoms with E-state index in [0.717, 1.165) is 25.1 Å². The van der Waals surface area contributed by atoms with Gasteiger partial charge in [-0.25, -0.2) is 4.39 Å². The van der Waals surface area contributed by atoms with Crippen molar-refractivity contribution in [3.05, 3.63) is 65.7 Å². The van der Waals surface area contributed by atoms with E-state index in [1.165, 1.54) is 17.7 Å². The molecular formula is C14H16ClFN2. The second-order valence-electron chi connectivity index (χ2n) is 3.91. The van der Waals surface area contributed by atoms with Crippen LogP contribution in [0.2, 0.25) is 0 Å². The number of nitrogens with one attached hydrogen (secondary N) is 1. The Morgan fingerprint density at radius 3 is 2.50 bits per heavy atom. The quantitative estimate of drug-likeness (QED) is 0.842. The maximum Gasteiger partial charge on any atom is 0.123 e. The van der Waals surface area contributed by atoms with Crippen molar-refractivity contribution >= 4 is 12.4 Å². The highest BCUT2D eigenvalue weighted by Gasteiger charge is 1.95. The van der Waals surface area contributed by atoms with Gasteiger partial charge in [0.1, 0.15) is 5.82 Å². The third-order valence-electron chi connectivity index (χ3n) is 2.56. The fourth-order valence-corrected chi connectivity index (χ4v) is 1.62. The van der Waals surface area contributed by atoms with E-state index in [1.807, 2.05) is 30.5 Å². The normalized spacial score (nSPS) is 9.83. The summed E-state index contributed by atoms with van der Waals surface area (Å²) in [5.74, 6) is -0.183. The lowest BCUT2D eigenvalue weighted by Gasteiger charge is -2.04. The molecule has 0 aliphatic rings. The third-order valence-corrected chi connectivity index (χ3v) is 2.56. The lowest BCUT2D eigenvalue weighted by Crippen LogP contribution is -2.16. The Hall–Kier alpha value is -1.45. The maximum atomic E-state index is 12.7. The number of halogens is 2. The van der Waals surface area contributed by atoms with E-state index in [0.29, 0.717) is 0 Å². The fourth-order valence-electron chi connectivity index (χ4n) is 1.62. The maximum absolute atomic E-state index is 12.7. The van der Waals surface area contributed by atoms with Crippen molar-refractivity contribution in [2.45, 2.75) is 13.0 Å². The smallest absolute Gasteiger partial charge is 0.123 e. The molecule has 1 aromatic carbocycles.